The second-order valence-electron chi connectivity index (χ2n) is 4.42. The van der Waals surface area contributed by atoms with Crippen LogP contribution in [0.3, 0.4) is 0 Å². The van der Waals surface area contributed by atoms with Crippen molar-refractivity contribution >= 4 is 17.7 Å². The number of hydrogen-bond donors (Lipinski definition) is 1. The third-order valence-electron chi connectivity index (χ3n) is 2.71. The van der Waals surface area contributed by atoms with Crippen LogP contribution in [0.5, 0.6) is 0 Å². The van der Waals surface area contributed by atoms with Gasteiger partial charge in [0.1, 0.15) is 5.76 Å². The summed E-state index contributed by atoms with van der Waals surface area (Å²) in [6.45, 7) is 3.52. The SMILES string of the molecule is CCC(OC(=O)C1CC1)C(=O)Nc1cc(C)on1. The molecular weight excluding hydrogens is 236 g/mol. The minimum atomic E-state index is -0.768. The van der Waals surface area contributed by atoms with E-state index < -0.39 is 6.10 Å². The van der Waals surface area contributed by atoms with Crippen molar-refractivity contribution in [3.63, 3.8) is 0 Å². The number of nitrogens with zero attached hydrogens (tertiary/aromatic N) is 1. The van der Waals surface area contributed by atoms with Crippen LogP contribution in [0.15, 0.2) is 10.6 Å². The summed E-state index contributed by atoms with van der Waals surface area (Å²) in [4.78, 5) is 23.4. The molecule has 1 aromatic heterocycles. The molecule has 1 N–H and O–H groups in total. The first-order valence-electron chi connectivity index (χ1n) is 6.04. The average molecular weight is 252 g/mol. The molecule has 1 aliphatic carbocycles. The van der Waals surface area contributed by atoms with Crippen molar-refractivity contribution in [1.82, 2.24) is 5.16 Å². The smallest absolute Gasteiger partial charge is 0.309 e. The summed E-state index contributed by atoms with van der Waals surface area (Å²) in [5.41, 5.74) is 0. The van der Waals surface area contributed by atoms with Crippen LogP contribution in [0.1, 0.15) is 31.9 Å². The molecule has 2 rings (SSSR count). The van der Waals surface area contributed by atoms with Gasteiger partial charge in [-0.05, 0) is 26.2 Å². The van der Waals surface area contributed by atoms with Crippen LogP contribution >= 0.6 is 0 Å². The number of aryl methyl sites for hydroxylation is 1. The second-order valence-corrected chi connectivity index (χ2v) is 4.42. The van der Waals surface area contributed by atoms with Gasteiger partial charge < -0.3 is 14.6 Å². The fourth-order valence-corrected chi connectivity index (χ4v) is 1.51. The molecule has 6 nitrogen and oxygen atoms in total. The molecule has 6 heteroatoms. The van der Waals surface area contributed by atoms with E-state index in [2.05, 4.69) is 10.5 Å². The van der Waals surface area contributed by atoms with E-state index >= 15 is 0 Å². The molecule has 0 aromatic carbocycles. The van der Waals surface area contributed by atoms with E-state index in [4.69, 9.17) is 9.26 Å². The van der Waals surface area contributed by atoms with Crippen LogP contribution in [0, 0.1) is 12.8 Å². The van der Waals surface area contributed by atoms with Crippen molar-refractivity contribution < 1.29 is 18.8 Å². The Hall–Kier alpha value is -1.85. The molecule has 98 valence electrons. The van der Waals surface area contributed by atoms with E-state index in [1.54, 1.807) is 19.9 Å². The summed E-state index contributed by atoms with van der Waals surface area (Å²) < 4.78 is 9.99. The highest BCUT2D eigenvalue weighted by Crippen LogP contribution is 2.30. The first kappa shape index (κ1) is 12.6. The Balaban J connectivity index is 1.90. The zero-order chi connectivity index (χ0) is 13.1. The Labute approximate surface area is 105 Å². The van der Waals surface area contributed by atoms with Crippen LogP contribution in [-0.4, -0.2) is 23.1 Å². The first-order chi connectivity index (χ1) is 8.60. The lowest BCUT2D eigenvalue weighted by molar-refractivity contribution is -0.155. The Kier molecular flexibility index (Phi) is 3.64. The van der Waals surface area contributed by atoms with Crippen molar-refractivity contribution in [1.29, 1.82) is 0 Å². The molecule has 1 atom stereocenters. The van der Waals surface area contributed by atoms with E-state index in [1.165, 1.54) is 0 Å². The number of nitrogens with one attached hydrogen (secondary N) is 1. The highest BCUT2D eigenvalue weighted by molar-refractivity contribution is 5.94. The van der Waals surface area contributed by atoms with Crippen molar-refractivity contribution in [2.24, 2.45) is 5.92 Å². The van der Waals surface area contributed by atoms with E-state index in [-0.39, 0.29) is 17.8 Å². The molecule has 1 aliphatic rings. The number of esters is 1. The number of amides is 1. The van der Waals surface area contributed by atoms with Gasteiger partial charge in [0, 0.05) is 6.07 Å². The summed E-state index contributed by atoms with van der Waals surface area (Å²) in [6.07, 6.45) is 1.38. The summed E-state index contributed by atoms with van der Waals surface area (Å²) in [6, 6.07) is 1.60. The van der Waals surface area contributed by atoms with E-state index in [0.717, 1.165) is 12.8 Å². The van der Waals surface area contributed by atoms with Gasteiger partial charge >= 0.3 is 5.97 Å². The van der Waals surface area contributed by atoms with Crippen molar-refractivity contribution in [2.75, 3.05) is 5.32 Å². The van der Waals surface area contributed by atoms with Crippen LogP contribution in [-0.2, 0) is 14.3 Å². The molecule has 18 heavy (non-hydrogen) atoms. The fraction of sp³-hybridized carbons (Fsp3) is 0.583. The average Bonchev–Trinajstić information content (AvgIpc) is 3.11. The molecule has 0 bridgehead atoms. The van der Waals surface area contributed by atoms with E-state index in [0.29, 0.717) is 18.0 Å². The monoisotopic (exact) mass is 252 g/mol. The molecule has 0 saturated heterocycles. The van der Waals surface area contributed by atoms with Gasteiger partial charge in [-0.25, -0.2) is 0 Å². The fourth-order valence-electron chi connectivity index (χ4n) is 1.51. The van der Waals surface area contributed by atoms with E-state index in [1.807, 2.05) is 0 Å². The van der Waals surface area contributed by atoms with Crippen molar-refractivity contribution in [3.8, 4) is 0 Å². The lowest BCUT2D eigenvalue weighted by Gasteiger charge is -2.14. The van der Waals surface area contributed by atoms with E-state index in [9.17, 15) is 9.59 Å². The topological polar surface area (TPSA) is 81.4 Å². The Morgan fingerprint density at radius 3 is 2.83 bits per heavy atom. The quantitative estimate of drug-likeness (QED) is 0.806. The Bertz CT molecular complexity index is 451. The van der Waals surface area contributed by atoms with Gasteiger partial charge in [0.25, 0.3) is 5.91 Å². The molecule has 1 amide bonds. The number of anilines is 1. The normalized spacial score (nSPS) is 16.1. The molecular formula is C12H16N2O4. The maximum Gasteiger partial charge on any atom is 0.309 e. The summed E-state index contributed by atoms with van der Waals surface area (Å²) in [7, 11) is 0. The summed E-state index contributed by atoms with van der Waals surface area (Å²) in [5, 5.41) is 6.21. The highest BCUT2D eigenvalue weighted by Gasteiger charge is 2.34. The Morgan fingerprint density at radius 1 is 1.61 bits per heavy atom. The van der Waals surface area contributed by atoms with Crippen molar-refractivity contribution in [2.45, 2.75) is 39.2 Å². The number of carbonyl (C=O) groups excluding carboxylic acids is 2. The van der Waals surface area contributed by atoms with Gasteiger partial charge in [0.05, 0.1) is 5.92 Å². The van der Waals surface area contributed by atoms with Gasteiger partial charge in [0.2, 0.25) is 0 Å². The zero-order valence-electron chi connectivity index (χ0n) is 10.4. The second kappa shape index (κ2) is 5.20. The number of aromatic nitrogens is 1. The number of ether oxygens (including phenoxy) is 1. The molecule has 0 radical (unpaired) electrons. The summed E-state index contributed by atoms with van der Waals surface area (Å²) >= 11 is 0. The van der Waals surface area contributed by atoms with Crippen molar-refractivity contribution in [3.05, 3.63) is 11.8 Å². The lowest BCUT2D eigenvalue weighted by atomic mass is 10.2. The first-order valence-corrected chi connectivity index (χ1v) is 6.04. The standard InChI is InChI=1S/C12H16N2O4/c1-3-9(17-12(16)8-4-5-8)11(15)13-10-6-7(2)18-14-10/h6,8-9H,3-5H2,1-2H3,(H,13,14,15). The van der Waals surface area contributed by atoms with Crippen LogP contribution < -0.4 is 5.32 Å². The highest BCUT2D eigenvalue weighted by atomic mass is 16.5. The van der Waals surface area contributed by atoms with Crippen LogP contribution in [0.2, 0.25) is 0 Å². The number of rotatable bonds is 5. The predicted molar refractivity (Wildman–Crippen MR) is 62.8 cm³/mol. The number of hydrogen-bond acceptors (Lipinski definition) is 5. The number of carbonyl (C=O) groups is 2. The lowest BCUT2D eigenvalue weighted by Crippen LogP contribution is -2.32. The molecule has 1 saturated carbocycles. The molecule has 0 aliphatic heterocycles. The Morgan fingerprint density at radius 2 is 2.33 bits per heavy atom. The third kappa shape index (κ3) is 3.09. The predicted octanol–water partition coefficient (Wildman–Crippen LogP) is 1.65. The minimum absolute atomic E-state index is 0.0128. The maximum absolute atomic E-state index is 11.9. The largest absolute Gasteiger partial charge is 0.452 e. The minimum Gasteiger partial charge on any atom is -0.452 e. The van der Waals surface area contributed by atoms with Gasteiger partial charge in [-0.2, -0.15) is 0 Å². The zero-order valence-corrected chi connectivity index (χ0v) is 10.4. The molecule has 1 fully saturated rings. The van der Waals surface area contributed by atoms with Gasteiger partial charge in [-0.1, -0.05) is 12.1 Å². The maximum atomic E-state index is 11.9. The van der Waals surface area contributed by atoms with Gasteiger partial charge in [-0.3, -0.25) is 9.59 Å². The van der Waals surface area contributed by atoms with Gasteiger partial charge in [0.15, 0.2) is 11.9 Å². The molecule has 0 spiro atoms. The summed E-state index contributed by atoms with van der Waals surface area (Å²) in [5.74, 6) is 0.265. The third-order valence-corrected chi connectivity index (χ3v) is 2.71. The van der Waals surface area contributed by atoms with Crippen LogP contribution in [0.4, 0.5) is 5.82 Å². The molecule has 1 unspecified atom stereocenters. The van der Waals surface area contributed by atoms with Gasteiger partial charge in [-0.15, -0.1) is 0 Å². The van der Waals surface area contributed by atoms with Crippen LogP contribution in [0.25, 0.3) is 0 Å². The molecule has 1 heterocycles. The molecule has 1 aromatic rings.